The van der Waals surface area contributed by atoms with Crippen LogP contribution >= 0.6 is 11.8 Å². The van der Waals surface area contributed by atoms with Gasteiger partial charge in [0.1, 0.15) is 0 Å². The molecule has 1 heterocycles. The Balaban J connectivity index is 1.98. The van der Waals surface area contributed by atoms with Crippen LogP contribution in [-0.2, 0) is 0 Å². The summed E-state index contributed by atoms with van der Waals surface area (Å²) in [6.45, 7) is 0. The van der Waals surface area contributed by atoms with Crippen LogP contribution in [0.15, 0.2) is 29.4 Å². The van der Waals surface area contributed by atoms with Gasteiger partial charge in [0.2, 0.25) is 0 Å². The normalized spacial score (nSPS) is 27.8. The van der Waals surface area contributed by atoms with Gasteiger partial charge >= 0.3 is 0 Å². The summed E-state index contributed by atoms with van der Waals surface area (Å²) in [5, 5.41) is 0.613. The van der Waals surface area contributed by atoms with Gasteiger partial charge in [-0.15, -0.1) is 11.8 Å². The molecule has 0 aromatic carbocycles. The van der Waals surface area contributed by atoms with Crippen LogP contribution in [0.25, 0.3) is 0 Å². The number of nitrogens with zero attached hydrogens (tertiary/aromatic N) is 1. The van der Waals surface area contributed by atoms with E-state index in [1.54, 1.807) is 0 Å². The van der Waals surface area contributed by atoms with Gasteiger partial charge in [0.15, 0.2) is 0 Å². The van der Waals surface area contributed by atoms with E-state index < -0.39 is 0 Å². The molecule has 0 amide bonds. The molecule has 0 saturated heterocycles. The first-order chi connectivity index (χ1) is 6.36. The average Bonchev–Trinajstić information content (AvgIpc) is 2.54. The van der Waals surface area contributed by atoms with Gasteiger partial charge in [-0.3, -0.25) is 4.98 Å². The van der Waals surface area contributed by atoms with Crippen LogP contribution in [0.3, 0.4) is 0 Å². The topological polar surface area (TPSA) is 38.9 Å². The molecule has 2 unspecified atom stereocenters. The molecular weight excluding hydrogens is 180 g/mol. The van der Waals surface area contributed by atoms with Gasteiger partial charge in [-0.25, -0.2) is 0 Å². The second-order valence-corrected chi connectivity index (χ2v) is 4.75. The molecule has 2 atom stereocenters. The van der Waals surface area contributed by atoms with Crippen molar-refractivity contribution in [2.75, 3.05) is 0 Å². The molecule has 2 rings (SSSR count). The maximum absolute atomic E-state index is 5.99. The lowest BCUT2D eigenvalue weighted by molar-refractivity contribution is 0.716. The summed E-state index contributed by atoms with van der Waals surface area (Å²) in [6.07, 6.45) is 7.40. The Morgan fingerprint density at radius 3 is 2.69 bits per heavy atom. The van der Waals surface area contributed by atoms with Crippen LogP contribution in [0.1, 0.15) is 19.3 Å². The Hall–Kier alpha value is -0.540. The zero-order valence-electron chi connectivity index (χ0n) is 7.52. The first kappa shape index (κ1) is 9.03. The lowest BCUT2D eigenvalue weighted by atomic mass is 10.3. The smallest absolute Gasteiger partial charge is 0.0278 e. The maximum atomic E-state index is 5.99. The van der Waals surface area contributed by atoms with E-state index >= 15 is 0 Å². The summed E-state index contributed by atoms with van der Waals surface area (Å²) in [6, 6.07) is 4.49. The summed E-state index contributed by atoms with van der Waals surface area (Å²) in [5.74, 6) is 0. The van der Waals surface area contributed by atoms with Gasteiger partial charge in [-0.2, -0.15) is 0 Å². The van der Waals surface area contributed by atoms with Gasteiger partial charge < -0.3 is 5.73 Å². The van der Waals surface area contributed by atoms with E-state index in [4.69, 9.17) is 5.73 Å². The number of hydrogen-bond acceptors (Lipinski definition) is 3. The van der Waals surface area contributed by atoms with Crippen molar-refractivity contribution in [2.45, 2.75) is 35.4 Å². The standard InChI is InChI=1S/C10H14N2S/c11-9-2-1-3-10(9)13-8-4-6-12-7-5-8/h4-7,9-10H,1-3,11H2. The molecule has 0 bridgehead atoms. The second-order valence-electron chi connectivity index (χ2n) is 3.43. The van der Waals surface area contributed by atoms with Crippen molar-refractivity contribution in [1.82, 2.24) is 4.98 Å². The van der Waals surface area contributed by atoms with E-state index in [9.17, 15) is 0 Å². The minimum Gasteiger partial charge on any atom is -0.327 e. The fourth-order valence-electron chi connectivity index (χ4n) is 1.69. The van der Waals surface area contributed by atoms with E-state index in [0.29, 0.717) is 11.3 Å². The quantitative estimate of drug-likeness (QED) is 0.783. The molecule has 3 heteroatoms. The fourth-order valence-corrected chi connectivity index (χ4v) is 2.92. The van der Waals surface area contributed by atoms with Gasteiger partial charge in [0, 0.05) is 28.6 Å². The second kappa shape index (κ2) is 4.11. The summed E-state index contributed by atoms with van der Waals surface area (Å²) in [4.78, 5) is 5.28. The zero-order valence-corrected chi connectivity index (χ0v) is 8.33. The molecule has 1 aromatic rings. The van der Waals surface area contributed by atoms with Crippen molar-refractivity contribution in [1.29, 1.82) is 0 Å². The SMILES string of the molecule is NC1CCCC1Sc1ccncc1. The lowest BCUT2D eigenvalue weighted by Gasteiger charge is -2.13. The Morgan fingerprint density at radius 2 is 2.08 bits per heavy atom. The van der Waals surface area contributed by atoms with Crippen LogP contribution in [0.2, 0.25) is 0 Å². The Labute approximate surface area is 82.9 Å². The van der Waals surface area contributed by atoms with Crippen molar-refractivity contribution in [3.63, 3.8) is 0 Å². The number of hydrogen-bond donors (Lipinski definition) is 1. The van der Waals surface area contributed by atoms with Crippen molar-refractivity contribution in [2.24, 2.45) is 5.73 Å². The van der Waals surface area contributed by atoms with E-state index in [1.165, 1.54) is 24.2 Å². The first-order valence-electron chi connectivity index (χ1n) is 4.68. The van der Waals surface area contributed by atoms with Crippen molar-refractivity contribution >= 4 is 11.8 Å². The molecule has 0 radical (unpaired) electrons. The molecule has 0 spiro atoms. The van der Waals surface area contributed by atoms with Crippen LogP contribution in [0, 0.1) is 0 Å². The molecule has 13 heavy (non-hydrogen) atoms. The largest absolute Gasteiger partial charge is 0.327 e. The molecule has 2 nitrogen and oxygen atoms in total. The molecule has 1 aliphatic rings. The van der Waals surface area contributed by atoms with Gasteiger partial charge in [0.05, 0.1) is 0 Å². The Morgan fingerprint density at radius 1 is 1.31 bits per heavy atom. The van der Waals surface area contributed by atoms with Crippen molar-refractivity contribution in [3.05, 3.63) is 24.5 Å². The average molecular weight is 194 g/mol. The maximum Gasteiger partial charge on any atom is 0.0278 e. The summed E-state index contributed by atoms with van der Waals surface area (Å²) in [7, 11) is 0. The summed E-state index contributed by atoms with van der Waals surface area (Å²) < 4.78 is 0. The first-order valence-corrected chi connectivity index (χ1v) is 5.56. The number of aromatic nitrogens is 1. The molecule has 2 N–H and O–H groups in total. The zero-order chi connectivity index (χ0) is 9.10. The predicted octanol–water partition coefficient (Wildman–Crippen LogP) is 2.05. The number of thioether (sulfide) groups is 1. The Bertz CT molecular complexity index is 263. The van der Waals surface area contributed by atoms with Crippen molar-refractivity contribution in [3.8, 4) is 0 Å². The monoisotopic (exact) mass is 194 g/mol. The predicted molar refractivity (Wildman–Crippen MR) is 55.7 cm³/mol. The van der Waals surface area contributed by atoms with E-state index in [2.05, 4.69) is 17.1 Å². The van der Waals surface area contributed by atoms with E-state index in [0.717, 1.165) is 0 Å². The van der Waals surface area contributed by atoms with Crippen molar-refractivity contribution < 1.29 is 0 Å². The molecule has 1 fully saturated rings. The molecule has 70 valence electrons. The summed E-state index contributed by atoms with van der Waals surface area (Å²) in [5.41, 5.74) is 5.99. The van der Waals surface area contributed by atoms with E-state index in [-0.39, 0.29) is 0 Å². The number of nitrogens with two attached hydrogens (primary N) is 1. The van der Waals surface area contributed by atoms with Crippen LogP contribution in [0.5, 0.6) is 0 Å². The third-order valence-corrected chi connectivity index (χ3v) is 3.87. The highest BCUT2D eigenvalue weighted by Gasteiger charge is 2.24. The molecule has 1 aromatic heterocycles. The molecular formula is C10H14N2S. The molecule has 1 saturated carbocycles. The highest BCUT2D eigenvalue weighted by atomic mass is 32.2. The van der Waals surface area contributed by atoms with Crippen LogP contribution in [0.4, 0.5) is 0 Å². The van der Waals surface area contributed by atoms with Gasteiger partial charge in [0.25, 0.3) is 0 Å². The Kier molecular flexibility index (Phi) is 2.86. The molecule has 0 aliphatic heterocycles. The fraction of sp³-hybridized carbons (Fsp3) is 0.500. The van der Waals surface area contributed by atoms with Crippen LogP contribution < -0.4 is 5.73 Å². The minimum atomic E-state index is 0.387. The highest BCUT2D eigenvalue weighted by molar-refractivity contribution is 8.00. The van der Waals surface area contributed by atoms with Crippen LogP contribution in [-0.4, -0.2) is 16.3 Å². The number of pyridine rings is 1. The van der Waals surface area contributed by atoms with Gasteiger partial charge in [-0.05, 0) is 25.0 Å². The van der Waals surface area contributed by atoms with Gasteiger partial charge in [-0.1, -0.05) is 6.42 Å². The molecule has 1 aliphatic carbocycles. The summed E-state index contributed by atoms with van der Waals surface area (Å²) >= 11 is 1.89. The third-order valence-electron chi connectivity index (χ3n) is 2.44. The lowest BCUT2D eigenvalue weighted by Crippen LogP contribution is -2.26. The van der Waals surface area contributed by atoms with E-state index in [1.807, 2.05) is 24.2 Å². The third kappa shape index (κ3) is 2.23. The minimum absolute atomic E-state index is 0.387. The number of rotatable bonds is 2. The highest BCUT2D eigenvalue weighted by Crippen LogP contribution is 2.33.